The lowest BCUT2D eigenvalue weighted by atomic mass is 10.0. The lowest BCUT2D eigenvalue weighted by Crippen LogP contribution is -2.27. The number of nitrogens with zero attached hydrogens (tertiary/aromatic N) is 5. The Labute approximate surface area is 196 Å². The monoisotopic (exact) mass is 457 g/mol. The fourth-order valence-corrected chi connectivity index (χ4v) is 4.62. The highest BCUT2D eigenvalue weighted by Crippen LogP contribution is 2.25. The van der Waals surface area contributed by atoms with Crippen molar-refractivity contribution in [3.63, 3.8) is 0 Å². The number of nitrogens with one attached hydrogen (secondary N) is 2. The normalized spacial score (nSPS) is 16.0. The van der Waals surface area contributed by atoms with Gasteiger partial charge < -0.3 is 15.4 Å². The minimum Gasteiger partial charge on any atom is -0.380 e. The number of anilines is 2. The highest BCUT2D eigenvalue weighted by atomic mass is 16.5. The Kier molecular flexibility index (Phi) is 5.15. The molecule has 5 heterocycles. The number of fused-ring (bicyclic) bond motifs is 2. The second-order valence-corrected chi connectivity index (χ2v) is 9.18. The molecule has 2 aliphatic rings. The van der Waals surface area contributed by atoms with Crippen LogP contribution < -0.4 is 16.2 Å². The summed E-state index contributed by atoms with van der Waals surface area (Å²) in [4.78, 5) is 27.4. The van der Waals surface area contributed by atoms with Crippen molar-refractivity contribution in [1.29, 1.82) is 0 Å². The second kappa shape index (κ2) is 8.34. The summed E-state index contributed by atoms with van der Waals surface area (Å²) in [6, 6.07) is 12.1. The molecule has 1 fully saturated rings. The van der Waals surface area contributed by atoms with Crippen LogP contribution in [0.2, 0.25) is 0 Å². The maximum absolute atomic E-state index is 13.3. The Morgan fingerprint density at radius 1 is 1.15 bits per heavy atom. The van der Waals surface area contributed by atoms with Gasteiger partial charge in [0.2, 0.25) is 5.95 Å². The maximum Gasteiger partial charge on any atom is 0.278 e. The van der Waals surface area contributed by atoms with Crippen molar-refractivity contribution in [3.05, 3.63) is 69.8 Å². The first-order chi connectivity index (χ1) is 16.6. The third-order valence-electron chi connectivity index (χ3n) is 6.49. The summed E-state index contributed by atoms with van der Waals surface area (Å²) in [7, 11) is 0. The quantitative estimate of drug-likeness (QED) is 0.475. The summed E-state index contributed by atoms with van der Waals surface area (Å²) < 4.78 is 8.85. The number of pyridine rings is 1. The van der Waals surface area contributed by atoms with E-state index in [0.29, 0.717) is 36.0 Å². The first-order valence-electron chi connectivity index (χ1n) is 11.7. The molecule has 0 amide bonds. The van der Waals surface area contributed by atoms with Crippen molar-refractivity contribution in [1.82, 2.24) is 29.6 Å². The van der Waals surface area contributed by atoms with Gasteiger partial charge in [0.1, 0.15) is 5.39 Å². The Hall–Kier alpha value is -3.56. The average molecular weight is 458 g/mol. The highest BCUT2D eigenvalue weighted by molar-refractivity contribution is 5.77. The van der Waals surface area contributed by atoms with E-state index in [9.17, 15) is 4.79 Å². The summed E-state index contributed by atoms with van der Waals surface area (Å²) in [5.74, 6) is 1.39. The molecule has 0 radical (unpaired) electrons. The number of hydrogen-bond acceptors (Lipinski definition) is 7. The van der Waals surface area contributed by atoms with Crippen LogP contribution in [-0.4, -0.2) is 44.1 Å². The predicted octanol–water partition coefficient (Wildman–Crippen LogP) is 3.06. The van der Waals surface area contributed by atoms with Crippen LogP contribution in [0.3, 0.4) is 0 Å². The van der Waals surface area contributed by atoms with E-state index in [1.165, 1.54) is 11.1 Å². The van der Waals surface area contributed by atoms with Crippen LogP contribution in [0.1, 0.15) is 42.6 Å². The zero-order valence-corrected chi connectivity index (χ0v) is 19.3. The number of benzene rings is 1. The molecular formula is C25H27N7O2. The van der Waals surface area contributed by atoms with Gasteiger partial charge in [-0.05, 0) is 62.2 Å². The topological polar surface area (TPSA) is 98.9 Å². The molecule has 9 nitrogen and oxygen atoms in total. The Morgan fingerprint density at radius 2 is 2.03 bits per heavy atom. The van der Waals surface area contributed by atoms with Crippen molar-refractivity contribution >= 4 is 22.7 Å². The molecule has 174 valence electrons. The smallest absolute Gasteiger partial charge is 0.278 e. The van der Waals surface area contributed by atoms with Gasteiger partial charge in [-0.1, -0.05) is 12.1 Å². The van der Waals surface area contributed by atoms with Crippen molar-refractivity contribution < 1.29 is 4.74 Å². The van der Waals surface area contributed by atoms with Gasteiger partial charge in [-0.25, -0.2) is 19.3 Å². The van der Waals surface area contributed by atoms with Gasteiger partial charge in [0, 0.05) is 30.4 Å². The number of ether oxygens (including phenoxy) is 1. The van der Waals surface area contributed by atoms with E-state index in [1.807, 2.05) is 42.8 Å². The summed E-state index contributed by atoms with van der Waals surface area (Å²) in [6.45, 7) is 7.18. The lowest BCUT2D eigenvalue weighted by molar-refractivity contribution is 0.00670. The molecule has 34 heavy (non-hydrogen) atoms. The standard InChI is InChI=1S/C25H27N7O2/c1-15(2)31-24(33)20-12-27-25(28-19-7-6-17-11-26-9-8-16(17)10-19)30-23(20)32(31)22-5-3-4-21(29-22)18-13-34-14-18/h3-7,10,12,15,18,26H,8-9,11,13-14H2,1-2H3,(H,27,28,30). The van der Waals surface area contributed by atoms with E-state index in [4.69, 9.17) is 14.7 Å². The molecule has 0 spiro atoms. The van der Waals surface area contributed by atoms with E-state index in [2.05, 4.69) is 27.8 Å². The van der Waals surface area contributed by atoms with Crippen LogP contribution in [0.25, 0.3) is 16.9 Å². The first-order valence-corrected chi connectivity index (χ1v) is 11.7. The molecule has 3 aromatic heterocycles. The second-order valence-electron chi connectivity index (χ2n) is 9.18. The Bertz CT molecular complexity index is 1440. The van der Waals surface area contributed by atoms with Crippen LogP contribution in [-0.2, 0) is 17.7 Å². The molecule has 0 atom stereocenters. The maximum atomic E-state index is 13.3. The SMILES string of the molecule is CC(C)n1c(=O)c2cnc(Nc3ccc4c(c3)CCNC4)nc2n1-c1cccc(C2COC2)n1. The molecule has 1 aromatic carbocycles. The number of rotatable bonds is 5. The van der Waals surface area contributed by atoms with Gasteiger partial charge in [0.05, 0.1) is 18.9 Å². The third-order valence-corrected chi connectivity index (χ3v) is 6.49. The van der Waals surface area contributed by atoms with Crippen molar-refractivity contribution in [2.24, 2.45) is 0 Å². The molecule has 2 aliphatic heterocycles. The van der Waals surface area contributed by atoms with Gasteiger partial charge in [0.25, 0.3) is 5.56 Å². The Morgan fingerprint density at radius 3 is 2.82 bits per heavy atom. The third kappa shape index (κ3) is 3.57. The van der Waals surface area contributed by atoms with Crippen LogP contribution in [0, 0.1) is 0 Å². The van der Waals surface area contributed by atoms with Crippen LogP contribution in [0.15, 0.2) is 47.4 Å². The molecule has 6 rings (SSSR count). The van der Waals surface area contributed by atoms with E-state index in [0.717, 1.165) is 30.9 Å². The molecule has 0 saturated carbocycles. The average Bonchev–Trinajstić information content (AvgIpc) is 3.10. The molecular weight excluding hydrogens is 430 g/mol. The minimum atomic E-state index is -0.128. The lowest BCUT2D eigenvalue weighted by Gasteiger charge is -2.25. The largest absolute Gasteiger partial charge is 0.380 e. The molecule has 0 bridgehead atoms. The summed E-state index contributed by atoms with van der Waals surface area (Å²) in [5, 5.41) is 7.19. The zero-order valence-electron chi connectivity index (χ0n) is 19.3. The highest BCUT2D eigenvalue weighted by Gasteiger charge is 2.24. The number of hydrogen-bond donors (Lipinski definition) is 2. The molecule has 0 aliphatic carbocycles. The molecule has 2 N–H and O–H groups in total. The van der Waals surface area contributed by atoms with Crippen molar-refractivity contribution in [3.8, 4) is 5.82 Å². The van der Waals surface area contributed by atoms with Gasteiger partial charge >= 0.3 is 0 Å². The predicted molar refractivity (Wildman–Crippen MR) is 130 cm³/mol. The summed E-state index contributed by atoms with van der Waals surface area (Å²) in [6.07, 6.45) is 2.60. The fraction of sp³-hybridized carbons (Fsp3) is 0.360. The van der Waals surface area contributed by atoms with Crippen molar-refractivity contribution in [2.75, 3.05) is 25.1 Å². The summed E-state index contributed by atoms with van der Waals surface area (Å²) >= 11 is 0. The van der Waals surface area contributed by atoms with Crippen LogP contribution in [0.4, 0.5) is 11.6 Å². The first kappa shape index (κ1) is 21.0. The molecule has 1 saturated heterocycles. The van der Waals surface area contributed by atoms with E-state index >= 15 is 0 Å². The minimum absolute atomic E-state index is 0.0788. The van der Waals surface area contributed by atoms with E-state index in [-0.39, 0.29) is 17.5 Å². The van der Waals surface area contributed by atoms with Gasteiger partial charge in [-0.2, -0.15) is 4.98 Å². The van der Waals surface area contributed by atoms with E-state index in [1.54, 1.807) is 10.9 Å². The van der Waals surface area contributed by atoms with Gasteiger partial charge in [-0.15, -0.1) is 0 Å². The molecule has 0 unspecified atom stereocenters. The zero-order chi connectivity index (χ0) is 23.2. The van der Waals surface area contributed by atoms with Crippen molar-refractivity contribution in [2.45, 2.75) is 38.8 Å². The summed E-state index contributed by atoms with van der Waals surface area (Å²) in [5.41, 5.74) is 4.95. The van der Waals surface area contributed by atoms with Crippen LogP contribution >= 0.6 is 0 Å². The van der Waals surface area contributed by atoms with Crippen LogP contribution in [0.5, 0.6) is 0 Å². The van der Waals surface area contributed by atoms with Gasteiger partial charge in [0.15, 0.2) is 11.5 Å². The Balaban J connectivity index is 1.44. The van der Waals surface area contributed by atoms with E-state index < -0.39 is 0 Å². The fourth-order valence-electron chi connectivity index (χ4n) is 4.62. The number of aromatic nitrogens is 5. The molecule has 9 heteroatoms. The molecule has 4 aromatic rings. The van der Waals surface area contributed by atoms with Gasteiger partial charge in [-0.3, -0.25) is 4.79 Å².